The second kappa shape index (κ2) is 9.13. The molecule has 1 fully saturated rings. The van der Waals surface area contributed by atoms with E-state index in [2.05, 4.69) is 17.1 Å². The van der Waals surface area contributed by atoms with Crippen molar-refractivity contribution in [1.29, 1.82) is 0 Å². The van der Waals surface area contributed by atoms with E-state index in [1.807, 2.05) is 0 Å². The van der Waals surface area contributed by atoms with Crippen LogP contribution >= 0.6 is 11.6 Å². The number of hydrogen-bond donors (Lipinski definition) is 3. The van der Waals surface area contributed by atoms with E-state index < -0.39 is 6.10 Å². The second-order valence-corrected chi connectivity index (χ2v) is 7.97. The van der Waals surface area contributed by atoms with Gasteiger partial charge in [-0.05, 0) is 44.8 Å². The normalized spacial score (nSPS) is 22.8. The van der Waals surface area contributed by atoms with Gasteiger partial charge in [-0.15, -0.1) is 0 Å². The molecule has 0 aromatic heterocycles. The van der Waals surface area contributed by atoms with Gasteiger partial charge in [-0.25, -0.2) is 0 Å². The van der Waals surface area contributed by atoms with Crippen LogP contribution in [0.2, 0.25) is 5.02 Å². The summed E-state index contributed by atoms with van der Waals surface area (Å²) < 4.78 is 5.72. The average Bonchev–Trinajstić information content (AvgIpc) is 2.68. The van der Waals surface area contributed by atoms with Gasteiger partial charge in [-0.2, -0.15) is 0 Å². The lowest BCUT2D eigenvalue weighted by atomic mass is 9.93. The Balaban J connectivity index is 1.61. The van der Waals surface area contributed by atoms with E-state index in [4.69, 9.17) is 22.1 Å². The zero-order chi connectivity index (χ0) is 19.4. The van der Waals surface area contributed by atoms with Crippen molar-refractivity contribution in [3.8, 4) is 5.75 Å². The number of halogens is 1. The molecule has 1 aromatic carbocycles. The highest BCUT2D eigenvalue weighted by molar-refractivity contribution is 6.33. The van der Waals surface area contributed by atoms with Crippen LogP contribution in [-0.2, 0) is 6.42 Å². The van der Waals surface area contributed by atoms with Gasteiger partial charge in [-0.3, -0.25) is 4.79 Å². The summed E-state index contributed by atoms with van der Waals surface area (Å²) >= 11 is 6.22. The minimum absolute atomic E-state index is 0.0628. The molecule has 1 saturated heterocycles. The number of benzene rings is 1. The number of nitrogens with zero attached hydrogens (tertiary/aromatic N) is 1. The Bertz CT molecular complexity index is 683. The van der Waals surface area contributed by atoms with Crippen molar-refractivity contribution in [3.63, 3.8) is 0 Å². The van der Waals surface area contributed by atoms with Gasteiger partial charge in [0.2, 0.25) is 0 Å². The fraction of sp³-hybridized carbons (Fsp3) is 0.650. The fourth-order valence-electron chi connectivity index (χ4n) is 3.89. The van der Waals surface area contributed by atoms with E-state index in [9.17, 15) is 9.90 Å². The van der Waals surface area contributed by atoms with Gasteiger partial charge in [-0.1, -0.05) is 24.9 Å². The molecule has 7 heteroatoms. The van der Waals surface area contributed by atoms with Gasteiger partial charge in [0.15, 0.2) is 0 Å². The molecule has 4 N–H and O–H groups in total. The highest BCUT2D eigenvalue weighted by Gasteiger charge is 2.29. The van der Waals surface area contributed by atoms with Crippen LogP contribution in [0.15, 0.2) is 6.07 Å². The first-order valence-electron chi connectivity index (χ1n) is 9.93. The monoisotopic (exact) mass is 395 g/mol. The first-order valence-corrected chi connectivity index (χ1v) is 10.3. The van der Waals surface area contributed by atoms with Crippen molar-refractivity contribution in [2.45, 2.75) is 45.1 Å². The molecule has 150 valence electrons. The number of rotatable bonds is 6. The zero-order valence-corrected chi connectivity index (χ0v) is 16.7. The lowest BCUT2D eigenvalue weighted by molar-refractivity contribution is 0.0217. The Labute approximate surface area is 166 Å². The summed E-state index contributed by atoms with van der Waals surface area (Å²) in [5, 5.41) is 13.8. The number of piperidine rings is 1. The van der Waals surface area contributed by atoms with Crippen LogP contribution < -0.4 is 15.8 Å². The molecule has 0 bridgehead atoms. The van der Waals surface area contributed by atoms with Gasteiger partial charge in [0.1, 0.15) is 5.75 Å². The molecule has 0 saturated carbocycles. The van der Waals surface area contributed by atoms with Gasteiger partial charge in [0.25, 0.3) is 5.91 Å². The SMILES string of the molecule is CCCCN1CC[C@H](CNC(=O)c2cc(Cl)c(N)c3c2OCCC3)[C@@H](O)C1. The number of hydrogen-bond acceptors (Lipinski definition) is 5. The Kier molecular flexibility index (Phi) is 6.84. The summed E-state index contributed by atoms with van der Waals surface area (Å²) in [6.07, 6.45) is 4.39. The lowest BCUT2D eigenvalue weighted by Crippen LogP contribution is -2.47. The van der Waals surface area contributed by atoms with Crippen molar-refractivity contribution >= 4 is 23.2 Å². The highest BCUT2D eigenvalue weighted by atomic mass is 35.5. The molecule has 3 rings (SSSR count). The van der Waals surface area contributed by atoms with Gasteiger partial charge < -0.3 is 25.8 Å². The van der Waals surface area contributed by atoms with E-state index >= 15 is 0 Å². The van der Waals surface area contributed by atoms with Crippen LogP contribution in [0.1, 0.15) is 48.5 Å². The molecule has 2 aliphatic rings. The Morgan fingerprint density at radius 3 is 3.07 bits per heavy atom. The average molecular weight is 396 g/mol. The number of carbonyl (C=O) groups is 1. The van der Waals surface area contributed by atoms with E-state index in [1.165, 1.54) is 0 Å². The van der Waals surface area contributed by atoms with Gasteiger partial charge in [0, 0.05) is 24.6 Å². The first-order chi connectivity index (χ1) is 13.0. The molecular weight excluding hydrogens is 366 g/mol. The Morgan fingerprint density at radius 2 is 2.33 bits per heavy atom. The van der Waals surface area contributed by atoms with E-state index in [0.29, 0.717) is 41.7 Å². The number of carbonyl (C=O) groups excluding carboxylic acids is 1. The largest absolute Gasteiger partial charge is 0.492 e. The predicted octanol–water partition coefficient (Wildman–Crippen LogP) is 2.46. The van der Waals surface area contributed by atoms with Crippen molar-refractivity contribution in [1.82, 2.24) is 10.2 Å². The molecule has 1 amide bonds. The molecule has 2 atom stereocenters. The second-order valence-electron chi connectivity index (χ2n) is 7.56. The van der Waals surface area contributed by atoms with Crippen molar-refractivity contribution in [3.05, 3.63) is 22.2 Å². The molecule has 0 aliphatic carbocycles. The summed E-state index contributed by atoms with van der Waals surface area (Å²) in [7, 11) is 0. The molecule has 0 spiro atoms. The van der Waals surface area contributed by atoms with E-state index in [-0.39, 0.29) is 11.8 Å². The van der Waals surface area contributed by atoms with Crippen molar-refractivity contribution in [2.24, 2.45) is 5.92 Å². The van der Waals surface area contributed by atoms with Gasteiger partial charge >= 0.3 is 0 Å². The molecule has 1 aromatic rings. The number of nitrogens with two attached hydrogens (primary N) is 1. The maximum absolute atomic E-state index is 12.8. The number of ether oxygens (including phenoxy) is 1. The number of anilines is 1. The summed E-state index contributed by atoms with van der Waals surface area (Å²) in [5.41, 5.74) is 7.80. The molecule has 0 unspecified atom stereocenters. The van der Waals surface area contributed by atoms with E-state index in [1.54, 1.807) is 6.07 Å². The van der Waals surface area contributed by atoms with Crippen molar-refractivity contribution < 1.29 is 14.6 Å². The van der Waals surface area contributed by atoms with Crippen LogP contribution in [0.25, 0.3) is 0 Å². The topological polar surface area (TPSA) is 87.8 Å². The van der Waals surface area contributed by atoms with Crippen LogP contribution in [-0.4, -0.2) is 54.8 Å². The fourth-order valence-corrected chi connectivity index (χ4v) is 4.11. The smallest absolute Gasteiger partial charge is 0.255 e. The minimum Gasteiger partial charge on any atom is -0.492 e. The molecular formula is C20H30ClN3O3. The highest BCUT2D eigenvalue weighted by Crippen LogP contribution is 2.38. The maximum atomic E-state index is 12.8. The van der Waals surface area contributed by atoms with E-state index in [0.717, 1.165) is 50.8 Å². The summed E-state index contributed by atoms with van der Waals surface area (Å²) in [4.78, 5) is 15.1. The van der Waals surface area contributed by atoms with Crippen LogP contribution in [0.3, 0.4) is 0 Å². The predicted molar refractivity (Wildman–Crippen MR) is 107 cm³/mol. The standard InChI is InChI=1S/C20H30ClN3O3/c1-2-3-7-24-8-6-13(17(25)12-24)11-23-20(26)15-10-16(21)18(22)14-5-4-9-27-19(14)15/h10,13,17,25H,2-9,11-12,22H2,1H3,(H,23,26)/t13-,17+/m1/s1. The number of β-amino-alcohol motifs (C(OH)–C–C–N with tert-alkyl or cyclic N) is 1. The number of nitrogens with one attached hydrogen (secondary N) is 1. The third-order valence-corrected chi connectivity index (χ3v) is 5.91. The Morgan fingerprint density at radius 1 is 1.52 bits per heavy atom. The first kappa shape index (κ1) is 20.2. The molecule has 6 nitrogen and oxygen atoms in total. The summed E-state index contributed by atoms with van der Waals surface area (Å²) in [6.45, 7) is 5.85. The van der Waals surface area contributed by atoms with Crippen LogP contribution in [0.5, 0.6) is 5.75 Å². The number of unbranched alkanes of at least 4 members (excludes halogenated alkanes) is 1. The molecule has 27 heavy (non-hydrogen) atoms. The summed E-state index contributed by atoms with van der Waals surface area (Å²) in [5.74, 6) is 0.388. The summed E-state index contributed by atoms with van der Waals surface area (Å²) in [6, 6.07) is 1.58. The number of likely N-dealkylation sites (tertiary alicyclic amines) is 1. The maximum Gasteiger partial charge on any atom is 0.255 e. The quantitative estimate of drug-likeness (QED) is 0.644. The van der Waals surface area contributed by atoms with Gasteiger partial charge in [0.05, 0.1) is 29.0 Å². The number of aliphatic hydroxyl groups is 1. The van der Waals surface area contributed by atoms with Crippen LogP contribution in [0.4, 0.5) is 5.69 Å². The minimum atomic E-state index is -0.420. The third-order valence-electron chi connectivity index (χ3n) is 5.59. The Hall–Kier alpha value is -1.50. The molecule has 2 heterocycles. The number of fused-ring (bicyclic) bond motifs is 1. The molecule has 2 aliphatic heterocycles. The van der Waals surface area contributed by atoms with Crippen molar-refractivity contribution in [2.75, 3.05) is 38.5 Å². The zero-order valence-electron chi connectivity index (χ0n) is 16.0. The molecule has 0 radical (unpaired) electrons. The number of aliphatic hydroxyl groups excluding tert-OH is 1. The lowest BCUT2D eigenvalue weighted by Gasteiger charge is -2.36. The number of nitrogen functional groups attached to an aromatic ring is 1. The third kappa shape index (κ3) is 4.68. The van der Waals surface area contributed by atoms with Crippen LogP contribution in [0, 0.1) is 5.92 Å². The number of amides is 1.